The Morgan fingerprint density at radius 1 is 1.40 bits per heavy atom. The Morgan fingerprint density at radius 2 is 2.05 bits per heavy atom. The third-order valence-corrected chi connectivity index (χ3v) is 5.72. The van der Waals surface area contributed by atoms with Crippen LogP contribution in [0.5, 0.6) is 0 Å². The summed E-state index contributed by atoms with van der Waals surface area (Å²) in [5.41, 5.74) is 0.401. The SMILES string of the molecule is Cc1cc(NS(=O)(=O)c2cc(Br)sc2C)c(C(=O)O)[nH]1. The van der Waals surface area contributed by atoms with Crippen molar-refractivity contribution in [3.63, 3.8) is 0 Å². The third kappa shape index (κ3) is 2.89. The van der Waals surface area contributed by atoms with Gasteiger partial charge in [-0.1, -0.05) is 0 Å². The van der Waals surface area contributed by atoms with Gasteiger partial charge in [-0.05, 0) is 41.9 Å². The molecule has 0 aromatic carbocycles. The van der Waals surface area contributed by atoms with E-state index in [0.29, 0.717) is 14.4 Å². The summed E-state index contributed by atoms with van der Waals surface area (Å²) in [5.74, 6) is -1.22. The van der Waals surface area contributed by atoms with Crippen LogP contribution >= 0.6 is 27.3 Å². The maximum absolute atomic E-state index is 12.3. The summed E-state index contributed by atoms with van der Waals surface area (Å²) in [6.07, 6.45) is 0. The van der Waals surface area contributed by atoms with E-state index in [9.17, 15) is 13.2 Å². The van der Waals surface area contributed by atoms with Gasteiger partial charge in [0, 0.05) is 10.6 Å². The lowest BCUT2D eigenvalue weighted by Gasteiger charge is -2.06. The van der Waals surface area contributed by atoms with Crippen molar-refractivity contribution in [3.8, 4) is 0 Å². The molecule has 0 amide bonds. The first kappa shape index (κ1) is 15.1. The molecule has 0 spiro atoms. The van der Waals surface area contributed by atoms with Crippen LogP contribution < -0.4 is 4.72 Å². The molecule has 9 heteroatoms. The van der Waals surface area contributed by atoms with Crippen molar-refractivity contribution >= 4 is 48.9 Å². The molecule has 0 atom stereocenters. The first-order valence-corrected chi connectivity index (χ1v) is 8.51. The molecule has 0 fully saturated rings. The van der Waals surface area contributed by atoms with Gasteiger partial charge in [0.2, 0.25) is 0 Å². The monoisotopic (exact) mass is 378 g/mol. The average molecular weight is 379 g/mol. The van der Waals surface area contributed by atoms with Crippen LogP contribution in [0.25, 0.3) is 0 Å². The molecule has 0 aliphatic carbocycles. The maximum Gasteiger partial charge on any atom is 0.354 e. The van der Waals surface area contributed by atoms with Gasteiger partial charge >= 0.3 is 5.97 Å². The van der Waals surface area contributed by atoms with Crippen molar-refractivity contribution < 1.29 is 18.3 Å². The molecule has 20 heavy (non-hydrogen) atoms. The molecule has 0 aliphatic heterocycles. The second-order valence-corrected chi connectivity index (χ2v) is 8.41. The van der Waals surface area contributed by atoms with E-state index in [1.54, 1.807) is 13.8 Å². The number of anilines is 1. The van der Waals surface area contributed by atoms with Crippen molar-refractivity contribution in [2.75, 3.05) is 4.72 Å². The van der Waals surface area contributed by atoms with Crippen LogP contribution in [0, 0.1) is 13.8 Å². The lowest BCUT2D eigenvalue weighted by molar-refractivity contribution is 0.0692. The highest BCUT2D eigenvalue weighted by molar-refractivity contribution is 9.11. The highest BCUT2D eigenvalue weighted by atomic mass is 79.9. The van der Waals surface area contributed by atoms with Crippen molar-refractivity contribution in [3.05, 3.63) is 32.2 Å². The van der Waals surface area contributed by atoms with Crippen LogP contribution in [0.15, 0.2) is 20.8 Å². The number of carbonyl (C=O) groups is 1. The summed E-state index contributed by atoms with van der Waals surface area (Å²) in [6, 6.07) is 2.93. The predicted octanol–water partition coefficient (Wildman–Crippen LogP) is 2.95. The number of hydrogen-bond acceptors (Lipinski definition) is 4. The number of hydrogen-bond donors (Lipinski definition) is 3. The highest BCUT2D eigenvalue weighted by Gasteiger charge is 2.23. The van der Waals surface area contributed by atoms with Crippen molar-refractivity contribution in [1.82, 2.24) is 4.98 Å². The van der Waals surface area contributed by atoms with Crippen molar-refractivity contribution in [2.45, 2.75) is 18.7 Å². The van der Waals surface area contributed by atoms with Crippen LogP contribution in [-0.2, 0) is 10.0 Å². The number of aryl methyl sites for hydroxylation is 2. The molecular formula is C11H11BrN2O4S2. The molecule has 2 aromatic heterocycles. The third-order valence-electron chi connectivity index (χ3n) is 2.54. The predicted molar refractivity (Wildman–Crippen MR) is 80.1 cm³/mol. The van der Waals surface area contributed by atoms with Crippen LogP contribution in [0.2, 0.25) is 0 Å². The van der Waals surface area contributed by atoms with Crippen LogP contribution in [0.1, 0.15) is 21.1 Å². The smallest absolute Gasteiger partial charge is 0.354 e. The van der Waals surface area contributed by atoms with E-state index in [4.69, 9.17) is 5.11 Å². The number of carboxylic acid groups (broad SMARTS) is 1. The number of thiophene rings is 1. The number of H-pyrrole nitrogens is 1. The molecule has 0 saturated carbocycles. The normalized spacial score (nSPS) is 11.6. The van der Waals surface area contributed by atoms with Gasteiger partial charge in [-0.15, -0.1) is 11.3 Å². The number of sulfonamides is 1. The summed E-state index contributed by atoms with van der Waals surface area (Å²) in [5, 5.41) is 9.03. The maximum atomic E-state index is 12.3. The molecule has 2 rings (SSSR count). The number of rotatable bonds is 4. The molecule has 0 aliphatic rings. The summed E-state index contributed by atoms with van der Waals surface area (Å²) < 4.78 is 27.6. The zero-order valence-corrected chi connectivity index (χ0v) is 13.7. The van der Waals surface area contributed by atoms with E-state index in [-0.39, 0.29) is 16.3 Å². The Hall–Kier alpha value is -1.32. The standard InChI is InChI=1S/C11H11BrN2O4S2/c1-5-3-7(10(13-5)11(15)16)14-20(17,18)8-4-9(12)19-6(8)2/h3-4,13-14H,1-2H3,(H,15,16). The highest BCUT2D eigenvalue weighted by Crippen LogP contribution is 2.31. The van der Waals surface area contributed by atoms with E-state index in [1.165, 1.54) is 23.5 Å². The Kier molecular flexibility index (Phi) is 3.94. The first-order valence-electron chi connectivity index (χ1n) is 5.42. The zero-order chi connectivity index (χ0) is 15.1. The fourth-order valence-corrected chi connectivity index (χ4v) is 5.21. The summed E-state index contributed by atoms with van der Waals surface area (Å²) in [4.78, 5) is 14.4. The van der Waals surface area contributed by atoms with Gasteiger partial charge in [0.15, 0.2) is 0 Å². The largest absolute Gasteiger partial charge is 0.477 e. The van der Waals surface area contributed by atoms with Crippen LogP contribution in [0.4, 0.5) is 5.69 Å². The first-order chi connectivity index (χ1) is 9.20. The Morgan fingerprint density at radius 3 is 2.55 bits per heavy atom. The molecule has 3 N–H and O–H groups in total. The molecule has 0 saturated heterocycles. The van der Waals surface area contributed by atoms with Crippen molar-refractivity contribution in [2.24, 2.45) is 0 Å². The molecule has 108 valence electrons. The van der Waals surface area contributed by atoms with E-state index in [1.807, 2.05) is 0 Å². The molecule has 2 aromatic rings. The number of aromatic amines is 1. The van der Waals surface area contributed by atoms with Crippen molar-refractivity contribution in [1.29, 1.82) is 0 Å². The second-order valence-electron chi connectivity index (χ2n) is 4.12. The summed E-state index contributed by atoms with van der Waals surface area (Å²) in [7, 11) is -3.82. The average Bonchev–Trinajstić information content (AvgIpc) is 2.81. The topological polar surface area (TPSA) is 99.3 Å². The summed E-state index contributed by atoms with van der Waals surface area (Å²) in [6.45, 7) is 3.33. The number of aromatic carboxylic acids is 1. The van der Waals surface area contributed by atoms with Crippen LogP contribution in [0.3, 0.4) is 0 Å². The van der Waals surface area contributed by atoms with Gasteiger partial charge < -0.3 is 10.1 Å². The number of aromatic nitrogens is 1. The minimum atomic E-state index is -3.82. The van der Waals surface area contributed by atoms with Gasteiger partial charge in [-0.25, -0.2) is 13.2 Å². The van der Waals surface area contributed by atoms with E-state index in [2.05, 4.69) is 25.6 Å². The fraction of sp³-hybridized carbons (Fsp3) is 0.182. The molecule has 0 bridgehead atoms. The van der Waals surface area contributed by atoms with Crippen LogP contribution in [-0.4, -0.2) is 24.5 Å². The number of nitrogens with one attached hydrogen (secondary N) is 2. The zero-order valence-electron chi connectivity index (χ0n) is 10.5. The molecular weight excluding hydrogens is 368 g/mol. The lowest BCUT2D eigenvalue weighted by Crippen LogP contribution is -2.15. The fourth-order valence-electron chi connectivity index (χ4n) is 1.74. The Bertz CT molecular complexity index is 776. The van der Waals surface area contributed by atoms with E-state index in [0.717, 1.165) is 0 Å². The lowest BCUT2D eigenvalue weighted by atomic mass is 10.4. The van der Waals surface area contributed by atoms with Gasteiger partial charge in [-0.3, -0.25) is 4.72 Å². The minimum absolute atomic E-state index is 0.0247. The number of carboxylic acids is 1. The van der Waals surface area contributed by atoms with Gasteiger partial charge in [0.05, 0.1) is 9.47 Å². The van der Waals surface area contributed by atoms with Gasteiger partial charge in [-0.2, -0.15) is 0 Å². The Labute approximate surface area is 128 Å². The molecule has 0 unspecified atom stereocenters. The Balaban J connectivity index is 2.43. The minimum Gasteiger partial charge on any atom is -0.477 e. The summed E-state index contributed by atoms with van der Waals surface area (Å²) >= 11 is 4.52. The molecule has 2 heterocycles. The van der Waals surface area contributed by atoms with E-state index >= 15 is 0 Å². The van der Waals surface area contributed by atoms with Gasteiger partial charge in [0.1, 0.15) is 10.6 Å². The number of halogens is 1. The molecule has 0 radical (unpaired) electrons. The quantitative estimate of drug-likeness (QED) is 0.761. The van der Waals surface area contributed by atoms with Gasteiger partial charge in [0.25, 0.3) is 10.0 Å². The van der Waals surface area contributed by atoms with E-state index < -0.39 is 16.0 Å². The second kappa shape index (κ2) is 5.23. The molecule has 6 nitrogen and oxygen atoms in total.